The van der Waals surface area contributed by atoms with Crippen molar-refractivity contribution in [1.29, 1.82) is 0 Å². The van der Waals surface area contributed by atoms with Crippen LogP contribution in [0.4, 0.5) is 8.78 Å². The molecule has 4 nitrogen and oxygen atoms in total. The Labute approximate surface area is 69.8 Å². The van der Waals surface area contributed by atoms with E-state index in [0.717, 1.165) is 14.2 Å². The van der Waals surface area contributed by atoms with Crippen molar-refractivity contribution in [3.05, 3.63) is 0 Å². The Hall–Kier alpha value is -0.750. The Bertz CT molecular complexity index is 130. The molecule has 0 aliphatic carbocycles. The summed E-state index contributed by atoms with van der Waals surface area (Å²) in [5.74, 6) is -1.63. The number of amides is 1. The van der Waals surface area contributed by atoms with E-state index in [2.05, 4.69) is 9.57 Å². The smallest absolute Gasteiger partial charge is 0.316 e. The van der Waals surface area contributed by atoms with Gasteiger partial charge in [-0.25, -0.2) is 5.48 Å². The summed E-state index contributed by atoms with van der Waals surface area (Å²) < 4.78 is 27.6. The molecule has 0 heterocycles. The lowest BCUT2D eigenvalue weighted by Gasteiger charge is -2.11. The van der Waals surface area contributed by atoms with Gasteiger partial charge in [-0.05, 0) is 0 Å². The summed E-state index contributed by atoms with van der Waals surface area (Å²) in [6.45, 7) is 4.00. The van der Waals surface area contributed by atoms with Gasteiger partial charge < -0.3 is 4.74 Å². The van der Waals surface area contributed by atoms with Crippen LogP contribution in [0.5, 0.6) is 0 Å². The largest absolute Gasteiger partial charge is 0.438 e. The molecular formula is C6H13F2NO3. The number of hydrogen-bond acceptors (Lipinski definition) is 3. The maximum absolute atomic E-state index is 12.0. The summed E-state index contributed by atoms with van der Waals surface area (Å²) in [6.07, 6.45) is -3.82. The standard InChI is InChI=1S/C4H7F2NO3.C2H6/c1-9-4(5,6)3(8)7-10-2;1-2/h1-2H3,(H,7,8);1-2H3. The minimum atomic E-state index is -3.82. The molecule has 0 aromatic rings. The van der Waals surface area contributed by atoms with Crippen molar-refractivity contribution in [1.82, 2.24) is 5.48 Å². The van der Waals surface area contributed by atoms with Crippen molar-refractivity contribution in [2.45, 2.75) is 20.0 Å². The van der Waals surface area contributed by atoms with Crippen LogP contribution in [-0.2, 0) is 14.4 Å². The van der Waals surface area contributed by atoms with Crippen LogP contribution in [0, 0.1) is 0 Å². The van der Waals surface area contributed by atoms with E-state index < -0.39 is 12.0 Å². The third kappa shape index (κ3) is 4.97. The quantitative estimate of drug-likeness (QED) is 0.665. The molecular weight excluding hydrogens is 172 g/mol. The fraction of sp³-hybridized carbons (Fsp3) is 0.833. The third-order valence-electron chi connectivity index (χ3n) is 0.715. The Morgan fingerprint density at radius 2 is 1.75 bits per heavy atom. The highest BCUT2D eigenvalue weighted by molar-refractivity contribution is 5.80. The summed E-state index contributed by atoms with van der Waals surface area (Å²) in [6, 6.07) is 0. The first-order valence-corrected chi connectivity index (χ1v) is 3.31. The Kier molecular flexibility index (Phi) is 7.98. The molecule has 0 saturated carbocycles. The average Bonchev–Trinajstić information content (AvgIpc) is 2.08. The molecule has 0 aromatic heterocycles. The fourth-order valence-corrected chi connectivity index (χ4v) is 0.245. The molecule has 0 aliphatic rings. The van der Waals surface area contributed by atoms with E-state index in [-0.39, 0.29) is 0 Å². The molecule has 0 aliphatic heterocycles. The van der Waals surface area contributed by atoms with Gasteiger partial charge in [0.15, 0.2) is 0 Å². The number of rotatable bonds is 3. The van der Waals surface area contributed by atoms with Crippen molar-refractivity contribution in [2.24, 2.45) is 0 Å². The van der Waals surface area contributed by atoms with Gasteiger partial charge in [0.05, 0.1) is 7.11 Å². The fourth-order valence-electron chi connectivity index (χ4n) is 0.245. The summed E-state index contributed by atoms with van der Waals surface area (Å²) in [5, 5.41) is 0. The number of methoxy groups -OCH3 is 1. The van der Waals surface area contributed by atoms with Gasteiger partial charge in [-0.3, -0.25) is 9.63 Å². The van der Waals surface area contributed by atoms with Gasteiger partial charge in [0.25, 0.3) is 0 Å². The monoisotopic (exact) mass is 185 g/mol. The van der Waals surface area contributed by atoms with Crippen LogP contribution in [0.3, 0.4) is 0 Å². The van der Waals surface area contributed by atoms with E-state index in [1.165, 1.54) is 5.48 Å². The number of hydrogen-bond donors (Lipinski definition) is 1. The predicted octanol–water partition coefficient (Wildman–Crippen LogP) is 0.929. The number of nitrogens with one attached hydrogen (secondary N) is 1. The third-order valence-corrected chi connectivity index (χ3v) is 0.715. The molecule has 1 N–H and O–H groups in total. The molecule has 0 aromatic carbocycles. The predicted molar refractivity (Wildman–Crippen MR) is 38.5 cm³/mol. The van der Waals surface area contributed by atoms with E-state index in [9.17, 15) is 13.6 Å². The van der Waals surface area contributed by atoms with E-state index >= 15 is 0 Å². The molecule has 6 heteroatoms. The molecule has 0 rings (SSSR count). The van der Waals surface area contributed by atoms with Gasteiger partial charge in [-0.1, -0.05) is 13.8 Å². The van der Waals surface area contributed by atoms with Gasteiger partial charge in [0.2, 0.25) is 0 Å². The number of carbonyl (C=O) groups is 1. The molecule has 0 radical (unpaired) electrons. The highest BCUT2D eigenvalue weighted by atomic mass is 19.3. The zero-order valence-corrected chi connectivity index (χ0v) is 7.48. The minimum absolute atomic E-state index is 0.718. The van der Waals surface area contributed by atoms with Crippen LogP contribution >= 0.6 is 0 Å². The Morgan fingerprint density at radius 3 is 2.00 bits per heavy atom. The second-order valence-electron chi connectivity index (χ2n) is 1.36. The van der Waals surface area contributed by atoms with E-state index in [0.29, 0.717) is 0 Å². The number of alkyl halides is 2. The van der Waals surface area contributed by atoms with Crippen molar-refractivity contribution in [2.75, 3.05) is 14.2 Å². The van der Waals surface area contributed by atoms with Crippen molar-refractivity contribution < 1.29 is 23.1 Å². The van der Waals surface area contributed by atoms with Crippen molar-refractivity contribution >= 4 is 5.91 Å². The molecule has 0 atom stereocenters. The molecule has 0 spiro atoms. The molecule has 0 unspecified atom stereocenters. The first kappa shape index (κ1) is 13.8. The summed E-state index contributed by atoms with van der Waals surface area (Å²) in [7, 11) is 1.76. The highest BCUT2D eigenvalue weighted by Crippen LogP contribution is 2.12. The van der Waals surface area contributed by atoms with E-state index in [1.807, 2.05) is 13.8 Å². The molecule has 0 saturated heterocycles. The average molecular weight is 185 g/mol. The number of ether oxygens (including phenoxy) is 1. The van der Waals surface area contributed by atoms with Gasteiger partial charge in [0.1, 0.15) is 0 Å². The topological polar surface area (TPSA) is 47.6 Å². The lowest BCUT2D eigenvalue weighted by molar-refractivity contribution is -0.226. The van der Waals surface area contributed by atoms with Crippen LogP contribution in [-0.4, -0.2) is 26.2 Å². The normalized spacial score (nSPS) is 9.83. The maximum Gasteiger partial charge on any atom is 0.438 e. The lowest BCUT2D eigenvalue weighted by atomic mass is 10.6. The Morgan fingerprint density at radius 1 is 1.33 bits per heavy atom. The van der Waals surface area contributed by atoms with Crippen LogP contribution < -0.4 is 5.48 Å². The van der Waals surface area contributed by atoms with Crippen LogP contribution in [0.2, 0.25) is 0 Å². The first-order chi connectivity index (χ1) is 5.54. The van der Waals surface area contributed by atoms with E-state index in [1.54, 1.807) is 0 Å². The first-order valence-electron chi connectivity index (χ1n) is 3.31. The van der Waals surface area contributed by atoms with E-state index in [4.69, 9.17) is 0 Å². The maximum atomic E-state index is 12.0. The lowest BCUT2D eigenvalue weighted by Crippen LogP contribution is -2.40. The molecule has 12 heavy (non-hydrogen) atoms. The molecule has 0 bridgehead atoms. The van der Waals surface area contributed by atoms with Crippen molar-refractivity contribution in [3.63, 3.8) is 0 Å². The summed E-state index contributed by atoms with van der Waals surface area (Å²) in [4.78, 5) is 14.1. The van der Waals surface area contributed by atoms with Crippen LogP contribution in [0.15, 0.2) is 0 Å². The van der Waals surface area contributed by atoms with Gasteiger partial charge in [0, 0.05) is 7.11 Å². The van der Waals surface area contributed by atoms with Crippen LogP contribution in [0.25, 0.3) is 0 Å². The number of carbonyl (C=O) groups excluding carboxylic acids is 1. The molecule has 74 valence electrons. The number of halogens is 2. The Balaban J connectivity index is 0. The summed E-state index contributed by atoms with van der Waals surface area (Å²) >= 11 is 0. The number of hydroxylamine groups is 1. The summed E-state index contributed by atoms with van der Waals surface area (Å²) in [5.41, 5.74) is 1.42. The highest BCUT2D eigenvalue weighted by Gasteiger charge is 2.39. The molecule has 0 fully saturated rings. The molecule has 1 amide bonds. The SMILES string of the molecule is CC.CONC(=O)C(F)(F)OC. The minimum Gasteiger partial charge on any atom is -0.316 e. The zero-order chi connectivity index (χ0) is 10.2. The van der Waals surface area contributed by atoms with Crippen LogP contribution in [0.1, 0.15) is 13.8 Å². The van der Waals surface area contributed by atoms with Gasteiger partial charge in [-0.15, -0.1) is 0 Å². The van der Waals surface area contributed by atoms with Crippen molar-refractivity contribution in [3.8, 4) is 0 Å². The van der Waals surface area contributed by atoms with Gasteiger partial charge in [-0.2, -0.15) is 8.78 Å². The second-order valence-corrected chi connectivity index (χ2v) is 1.36. The second kappa shape index (κ2) is 6.93. The zero-order valence-electron chi connectivity index (χ0n) is 7.48. The van der Waals surface area contributed by atoms with Gasteiger partial charge >= 0.3 is 12.0 Å².